The molecule has 0 aromatic heterocycles. The molecule has 8 nitrogen and oxygen atoms in total. The number of amides is 2. The van der Waals surface area contributed by atoms with E-state index in [0.29, 0.717) is 23.5 Å². The van der Waals surface area contributed by atoms with Crippen molar-refractivity contribution in [2.45, 2.75) is 33.6 Å². The van der Waals surface area contributed by atoms with Crippen LogP contribution < -0.4 is 10.2 Å². The fraction of sp³-hybridized carbons (Fsp3) is 0.360. The van der Waals surface area contributed by atoms with Crippen LogP contribution in [0.2, 0.25) is 0 Å². The Bertz CT molecular complexity index is 1030. The van der Waals surface area contributed by atoms with Crippen LogP contribution in [0.4, 0.5) is 11.4 Å². The second-order valence-electron chi connectivity index (χ2n) is 8.12. The topological polar surface area (TPSA) is 102 Å². The number of rotatable bonds is 8. The van der Waals surface area contributed by atoms with Crippen molar-refractivity contribution in [3.63, 3.8) is 0 Å². The Morgan fingerprint density at radius 2 is 1.70 bits per heavy atom. The molecule has 0 saturated carbocycles. The smallest absolute Gasteiger partial charge is 0.338 e. The van der Waals surface area contributed by atoms with Gasteiger partial charge in [-0.15, -0.1) is 0 Å². The lowest BCUT2D eigenvalue weighted by atomic mass is 10.1. The summed E-state index contributed by atoms with van der Waals surface area (Å²) in [7, 11) is 0. The van der Waals surface area contributed by atoms with Crippen LogP contribution in [0.5, 0.6) is 0 Å². The van der Waals surface area contributed by atoms with E-state index < -0.39 is 30.4 Å². The third-order valence-corrected chi connectivity index (χ3v) is 5.16. The van der Waals surface area contributed by atoms with Crippen LogP contribution in [0.25, 0.3) is 0 Å². The molecule has 174 valence electrons. The summed E-state index contributed by atoms with van der Waals surface area (Å²) >= 11 is 0. The van der Waals surface area contributed by atoms with Crippen LogP contribution in [0, 0.1) is 19.8 Å². The van der Waals surface area contributed by atoms with Crippen LogP contribution >= 0.6 is 0 Å². The number of hydrogen-bond acceptors (Lipinski definition) is 6. The predicted octanol–water partition coefficient (Wildman–Crippen LogP) is 3.41. The van der Waals surface area contributed by atoms with Crippen molar-refractivity contribution >= 4 is 35.1 Å². The summed E-state index contributed by atoms with van der Waals surface area (Å²) in [4.78, 5) is 50.4. The number of benzene rings is 2. The Labute approximate surface area is 192 Å². The van der Waals surface area contributed by atoms with Gasteiger partial charge in [-0.1, -0.05) is 13.0 Å². The fourth-order valence-corrected chi connectivity index (χ4v) is 3.67. The largest absolute Gasteiger partial charge is 0.462 e. The van der Waals surface area contributed by atoms with Gasteiger partial charge in [0.1, 0.15) is 0 Å². The van der Waals surface area contributed by atoms with E-state index in [0.717, 1.165) is 17.5 Å². The first-order valence-electron chi connectivity index (χ1n) is 10.9. The van der Waals surface area contributed by atoms with Gasteiger partial charge >= 0.3 is 11.9 Å². The second kappa shape index (κ2) is 10.8. The van der Waals surface area contributed by atoms with Crippen molar-refractivity contribution in [2.75, 3.05) is 30.0 Å². The zero-order valence-corrected chi connectivity index (χ0v) is 19.1. The van der Waals surface area contributed by atoms with Crippen LogP contribution in [0.15, 0.2) is 42.5 Å². The first kappa shape index (κ1) is 24.0. The van der Waals surface area contributed by atoms with Gasteiger partial charge in [-0.25, -0.2) is 4.79 Å². The van der Waals surface area contributed by atoms with Crippen molar-refractivity contribution in [3.05, 3.63) is 59.2 Å². The van der Waals surface area contributed by atoms with Gasteiger partial charge in [0.2, 0.25) is 5.91 Å². The van der Waals surface area contributed by atoms with E-state index >= 15 is 0 Å². The number of anilines is 2. The summed E-state index contributed by atoms with van der Waals surface area (Å²) < 4.78 is 10.2. The number of ether oxygens (including phenoxy) is 2. The van der Waals surface area contributed by atoms with Gasteiger partial charge in [0.15, 0.2) is 6.61 Å². The average molecular weight is 453 g/mol. The zero-order valence-electron chi connectivity index (χ0n) is 19.1. The molecule has 0 bridgehead atoms. The van der Waals surface area contributed by atoms with Crippen LogP contribution in [0.1, 0.15) is 41.3 Å². The minimum Gasteiger partial charge on any atom is -0.462 e. The maximum absolute atomic E-state index is 12.4. The summed E-state index contributed by atoms with van der Waals surface area (Å²) in [5.74, 6) is -2.35. The predicted molar refractivity (Wildman–Crippen MR) is 123 cm³/mol. The van der Waals surface area contributed by atoms with E-state index in [-0.39, 0.29) is 18.9 Å². The lowest BCUT2D eigenvalue weighted by molar-refractivity contribution is -0.151. The Kier molecular flexibility index (Phi) is 7.82. The van der Waals surface area contributed by atoms with E-state index in [2.05, 4.69) is 5.32 Å². The van der Waals surface area contributed by atoms with Gasteiger partial charge in [-0.05, 0) is 67.8 Å². The molecule has 1 saturated heterocycles. The number of esters is 2. The van der Waals surface area contributed by atoms with Crippen molar-refractivity contribution < 1.29 is 28.7 Å². The maximum atomic E-state index is 12.4. The fourth-order valence-electron chi connectivity index (χ4n) is 3.67. The van der Waals surface area contributed by atoms with Gasteiger partial charge in [-0.2, -0.15) is 0 Å². The Balaban J connectivity index is 1.52. The molecule has 0 unspecified atom stereocenters. The standard InChI is InChI=1S/C25H28N2O6/c1-4-9-32-24(30)18-5-7-21(8-6-18)27-14-19(13-23(27)29)25(31)33-15-22(28)26-20-11-16(2)10-17(3)12-20/h5-8,10-12,19H,4,9,13-15H2,1-3H3,(H,26,28)/t19-/m0/s1. The minimum atomic E-state index is -0.666. The van der Waals surface area contributed by atoms with E-state index in [1.165, 1.54) is 4.90 Å². The van der Waals surface area contributed by atoms with Gasteiger partial charge in [0.05, 0.1) is 18.1 Å². The molecule has 33 heavy (non-hydrogen) atoms. The number of carbonyl (C=O) groups is 4. The molecule has 0 spiro atoms. The molecule has 0 aliphatic carbocycles. The van der Waals surface area contributed by atoms with Gasteiger partial charge in [0, 0.05) is 24.3 Å². The molecule has 1 atom stereocenters. The Morgan fingerprint density at radius 3 is 2.33 bits per heavy atom. The SMILES string of the molecule is CCCOC(=O)c1ccc(N2C[C@@H](C(=O)OCC(=O)Nc3cc(C)cc(C)c3)CC2=O)cc1. The third-order valence-electron chi connectivity index (χ3n) is 5.16. The van der Waals surface area contributed by atoms with Crippen molar-refractivity contribution in [1.82, 2.24) is 0 Å². The molecule has 3 rings (SSSR count). The molecular weight excluding hydrogens is 424 g/mol. The Hall–Kier alpha value is -3.68. The third kappa shape index (κ3) is 6.41. The highest BCUT2D eigenvalue weighted by Crippen LogP contribution is 2.26. The summed E-state index contributed by atoms with van der Waals surface area (Å²) in [5.41, 5.74) is 3.63. The molecule has 1 fully saturated rings. The number of aryl methyl sites for hydroxylation is 2. The van der Waals surface area contributed by atoms with E-state index in [4.69, 9.17) is 9.47 Å². The molecule has 1 aliphatic heterocycles. The molecule has 0 radical (unpaired) electrons. The van der Waals surface area contributed by atoms with Gasteiger partial charge in [-0.3, -0.25) is 14.4 Å². The number of hydrogen-bond donors (Lipinski definition) is 1. The van der Waals surface area contributed by atoms with E-state index in [9.17, 15) is 19.2 Å². The normalized spacial score (nSPS) is 15.3. The summed E-state index contributed by atoms with van der Waals surface area (Å²) in [6.07, 6.45) is 0.731. The van der Waals surface area contributed by atoms with Crippen LogP contribution in [-0.2, 0) is 23.9 Å². The first-order valence-corrected chi connectivity index (χ1v) is 10.9. The summed E-state index contributed by atoms with van der Waals surface area (Å²) in [6, 6.07) is 12.1. The maximum Gasteiger partial charge on any atom is 0.338 e. The highest BCUT2D eigenvalue weighted by atomic mass is 16.5. The molecule has 1 N–H and O–H groups in total. The van der Waals surface area contributed by atoms with Gasteiger partial charge < -0.3 is 19.7 Å². The van der Waals surface area contributed by atoms with Crippen molar-refractivity contribution in [3.8, 4) is 0 Å². The number of nitrogens with one attached hydrogen (secondary N) is 1. The van der Waals surface area contributed by atoms with Crippen molar-refractivity contribution in [2.24, 2.45) is 5.92 Å². The Morgan fingerprint density at radius 1 is 1.03 bits per heavy atom. The second-order valence-corrected chi connectivity index (χ2v) is 8.12. The highest BCUT2D eigenvalue weighted by Gasteiger charge is 2.36. The highest BCUT2D eigenvalue weighted by molar-refractivity contribution is 6.00. The van der Waals surface area contributed by atoms with Crippen molar-refractivity contribution in [1.29, 1.82) is 0 Å². The van der Waals surface area contributed by atoms with Crippen LogP contribution in [-0.4, -0.2) is 43.5 Å². The average Bonchev–Trinajstić information content (AvgIpc) is 3.17. The molecular formula is C25H28N2O6. The molecule has 2 amide bonds. The number of nitrogens with zero attached hydrogens (tertiary/aromatic N) is 1. The molecule has 1 heterocycles. The van der Waals surface area contributed by atoms with E-state index in [1.807, 2.05) is 39.0 Å². The number of carbonyl (C=O) groups excluding carboxylic acids is 4. The van der Waals surface area contributed by atoms with Gasteiger partial charge in [0.25, 0.3) is 5.91 Å². The molecule has 2 aromatic rings. The zero-order chi connectivity index (χ0) is 24.0. The lowest BCUT2D eigenvalue weighted by Crippen LogP contribution is -2.28. The summed E-state index contributed by atoms with van der Waals surface area (Å²) in [5, 5.41) is 2.71. The lowest BCUT2D eigenvalue weighted by Gasteiger charge is -2.17. The first-order chi connectivity index (χ1) is 15.8. The molecule has 8 heteroatoms. The minimum absolute atomic E-state index is 0.00216. The summed E-state index contributed by atoms with van der Waals surface area (Å²) in [6.45, 7) is 5.83. The molecule has 1 aliphatic rings. The van der Waals surface area contributed by atoms with Crippen LogP contribution in [0.3, 0.4) is 0 Å². The molecule has 2 aromatic carbocycles. The van der Waals surface area contributed by atoms with E-state index in [1.54, 1.807) is 24.3 Å². The monoisotopic (exact) mass is 452 g/mol. The quantitative estimate of drug-likeness (QED) is 0.616.